The lowest BCUT2D eigenvalue weighted by Gasteiger charge is -2.32. The Kier molecular flexibility index (Phi) is 8.29. The Morgan fingerprint density at radius 3 is 2.59 bits per heavy atom. The van der Waals surface area contributed by atoms with Crippen LogP contribution in [0, 0.1) is 19.3 Å². The van der Waals surface area contributed by atoms with E-state index in [9.17, 15) is 4.79 Å². The zero-order valence-electron chi connectivity index (χ0n) is 21.4. The molecule has 2 aromatic rings. The highest BCUT2D eigenvalue weighted by Crippen LogP contribution is 2.42. The van der Waals surface area contributed by atoms with Crippen molar-refractivity contribution in [3.63, 3.8) is 0 Å². The van der Waals surface area contributed by atoms with E-state index in [0.717, 1.165) is 47.9 Å². The minimum atomic E-state index is -0.227. The van der Waals surface area contributed by atoms with Crippen molar-refractivity contribution in [2.24, 2.45) is 5.41 Å². The summed E-state index contributed by atoms with van der Waals surface area (Å²) in [6.45, 7) is 18.0. The van der Waals surface area contributed by atoms with Crippen molar-refractivity contribution in [3.8, 4) is 11.4 Å². The molecule has 0 saturated carbocycles. The van der Waals surface area contributed by atoms with Gasteiger partial charge < -0.3 is 14.6 Å². The van der Waals surface area contributed by atoms with Crippen molar-refractivity contribution in [3.05, 3.63) is 58.2 Å². The smallest absolute Gasteiger partial charge is 0.319 e. The molecule has 0 saturated heterocycles. The average molecular weight is 464 g/mol. The van der Waals surface area contributed by atoms with Crippen LogP contribution in [0.5, 0.6) is 0 Å². The maximum absolute atomic E-state index is 11.5. The van der Waals surface area contributed by atoms with Crippen LogP contribution in [0.25, 0.3) is 17.0 Å². The number of nitrogens with zero attached hydrogens (tertiary/aromatic N) is 2. The predicted molar refractivity (Wildman–Crippen MR) is 135 cm³/mol. The van der Waals surface area contributed by atoms with E-state index in [2.05, 4.69) is 69.5 Å². The number of esters is 1. The summed E-state index contributed by atoms with van der Waals surface area (Å²) >= 11 is 0. The number of hydrogen-bond donors (Lipinski definition) is 1. The van der Waals surface area contributed by atoms with Crippen molar-refractivity contribution in [2.45, 2.75) is 67.2 Å². The number of rotatable bonds is 9. The number of ether oxygens (including phenoxy) is 1. The van der Waals surface area contributed by atoms with Gasteiger partial charge in [-0.2, -0.15) is 4.98 Å². The van der Waals surface area contributed by atoms with Crippen LogP contribution in [0.15, 0.2) is 40.1 Å². The molecule has 182 valence electrons. The van der Waals surface area contributed by atoms with Gasteiger partial charge in [-0.1, -0.05) is 31.2 Å². The summed E-state index contributed by atoms with van der Waals surface area (Å²) in [7, 11) is 0. The molecule has 0 bridgehead atoms. The van der Waals surface area contributed by atoms with Gasteiger partial charge in [0.25, 0.3) is 5.89 Å². The molecule has 0 aliphatic heterocycles. The van der Waals surface area contributed by atoms with Gasteiger partial charge in [-0.05, 0) is 99.7 Å². The van der Waals surface area contributed by atoms with E-state index >= 15 is 0 Å². The summed E-state index contributed by atoms with van der Waals surface area (Å²) in [6.07, 6.45) is 3.94. The molecule has 0 radical (unpaired) electrons. The zero-order valence-corrected chi connectivity index (χ0v) is 21.4. The normalized spacial score (nSPS) is 15.2. The zero-order chi connectivity index (χ0) is 24.9. The average Bonchev–Trinajstić information content (AvgIpc) is 3.24. The fourth-order valence-electron chi connectivity index (χ4n) is 4.81. The summed E-state index contributed by atoms with van der Waals surface area (Å²) in [5.41, 5.74) is 11.3. The van der Waals surface area contributed by atoms with Gasteiger partial charge in [0, 0.05) is 5.56 Å². The van der Waals surface area contributed by atoms with Crippen molar-refractivity contribution in [1.82, 2.24) is 15.5 Å². The van der Waals surface area contributed by atoms with Gasteiger partial charge in [-0.25, -0.2) is 0 Å². The second kappa shape index (κ2) is 11.0. The SMILES string of the molecule is C=C=C(C1=C(C)CC(C)(C)CC1)c1nc(-c2cc(C)c(CCNCC(=O)OCC)c(C)c2)no1. The van der Waals surface area contributed by atoms with E-state index in [0.29, 0.717) is 30.3 Å². The van der Waals surface area contributed by atoms with E-state index in [1.165, 1.54) is 16.7 Å². The first-order valence-corrected chi connectivity index (χ1v) is 12.0. The molecule has 6 heteroatoms. The Hall–Kier alpha value is -2.95. The third-order valence-electron chi connectivity index (χ3n) is 6.51. The number of aromatic nitrogens is 2. The molecule has 1 aromatic heterocycles. The van der Waals surface area contributed by atoms with Gasteiger partial charge in [0.2, 0.25) is 5.82 Å². The number of benzene rings is 1. The molecule has 0 fully saturated rings. The molecule has 1 heterocycles. The van der Waals surface area contributed by atoms with Gasteiger partial charge in [-0.3, -0.25) is 4.79 Å². The lowest BCUT2D eigenvalue weighted by atomic mass is 9.73. The first kappa shape index (κ1) is 25.7. The predicted octanol–water partition coefficient (Wildman–Crippen LogP) is 5.74. The van der Waals surface area contributed by atoms with Gasteiger partial charge in [0.1, 0.15) is 0 Å². The van der Waals surface area contributed by atoms with Crippen LogP contribution in [0.4, 0.5) is 0 Å². The van der Waals surface area contributed by atoms with E-state index in [1.807, 2.05) is 6.92 Å². The van der Waals surface area contributed by atoms with E-state index < -0.39 is 0 Å². The molecule has 0 unspecified atom stereocenters. The topological polar surface area (TPSA) is 77.2 Å². The maximum Gasteiger partial charge on any atom is 0.319 e. The molecular formula is C28H37N3O3. The van der Waals surface area contributed by atoms with Crippen LogP contribution in [0.1, 0.15) is 69.5 Å². The number of allylic oxidation sites excluding steroid dienone is 3. The first-order chi connectivity index (χ1) is 16.1. The van der Waals surface area contributed by atoms with Crippen LogP contribution in [-0.4, -0.2) is 35.8 Å². The van der Waals surface area contributed by atoms with E-state index in [-0.39, 0.29) is 12.5 Å². The second-order valence-electron chi connectivity index (χ2n) is 9.90. The number of nitrogens with one attached hydrogen (secondary N) is 1. The Balaban J connectivity index is 1.75. The highest BCUT2D eigenvalue weighted by molar-refractivity contribution is 5.76. The molecular weight excluding hydrogens is 426 g/mol. The Bertz CT molecular complexity index is 1110. The minimum absolute atomic E-state index is 0.224. The van der Waals surface area contributed by atoms with Crippen molar-refractivity contribution in [2.75, 3.05) is 19.7 Å². The first-order valence-electron chi connectivity index (χ1n) is 12.0. The van der Waals surface area contributed by atoms with Crippen molar-refractivity contribution in [1.29, 1.82) is 0 Å². The molecule has 34 heavy (non-hydrogen) atoms. The second-order valence-corrected chi connectivity index (χ2v) is 9.90. The Morgan fingerprint density at radius 2 is 1.97 bits per heavy atom. The van der Waals surface area contributed by atoms with Gasteiger partial charge >= 0.3 is 5.97 Å². The highest BCUT2D eigenvalue weighted by Gasteiger charge is 2.28. The molecule has 1 N–H and O–H groups in total. The minimum Gasteiger partial charge on any atom is -0.465 e. The van der Waals surface area contributed by atoms with Gasteiger partial charge in [0.15, 0.2) is 0 Å². The van der Waals surface area contributed by atoms with E-state index in [4.69, 9.17) is 14.2 Å². The van der Waals surface area contributed by atoms with Gasteiger partial charge in [0.05, 0.1) is 18.7 Å². The van der Waals surface area contributed by atoms with Crippen LogP contribution in [0.3, 0.4) is 0 Å². The highest BCUT2D eigenvalue weighted by atomic mass is 16.5. The molecule has 1 aromatic carbocycles. The number of hydrogen-bond acceptors (Lipinski definition) is 6. The monoisotopic (exact) mass is 463 g/mol. The molecule has 3 rings (SSSR count). The van der Waals surface area contributed by atoms with Crippen LogP contribution in [0.2, 0.25) is 0 Å². The fourth-order valence-corrected chi connectivity index (χ4v) is 4.81. The Morgan fingerprint density at radius 1 is 1.26 bits per heavy atom. The van der Waals surface area contributed by atoms with Gasteiger partial charge in [-0.15, -0.1) is 5.73 Å². The quantitative estimate of drug-likeness (QED) is 0.290. The number of carbonyl (C=O) groups is 1. The van der Waals surface area contributed by atoms with Crippen molar-refractivity contribution >= 4 is 11.5 Å². The summed E-state index contributed by atoms with van der Waals surface area (Å²) in [4.78, 5) is 16.2. The third kappa shape index (κ3) is 6.13. The summed E-state index contributed by atoms with van der Waals surface area (Å²) in [5.74, 6) is 0.812. The van der Waals surface area contributed by atoms with Crippen LogP contribution < -0.4 is 5.32 Å². The molecule has 0 atom stereocenters. The molecule has 6 nitrogen and oxygen atoms in total. The standard InChI is InChI=1S/C28H37N3O3/c1-8-22(24-10-12-28(6,7)16-20(24)5)27-30-26(31-34-27)21-14-18(3)23(19(4)15-21)11-13-29-17-25(32)33-9-2/h14-15,29H,1,9-13,16-17H2,2-7H3. The molecule has 1 aliphatic carbocycles. The van der Waals surface area contributed by atoms with Crippen LogP contribution in [-0.2, 0) is 16.0 Å². The van der Waals surface area contributed by atoms with E-state index in [1.54, 1.807) is 0 Å². The molecule has 1 aliphatic rings. The third-order valence-corrected chi connectivity index (χ3v) is 6.51. The molecule has 0 amide bonds. The number of aryl methyl sites for hydroxylation is 2. The summed E-state index contributed by atoms with van der Waals surface area (Å²) in [5, 5.41) is 7.41. The lowest BCUT2D eigenvalue weighted by Crippen LogP contribution is -2.26. The maximum atomic E-state index is 11.5. The fraction of sp³-hybridized carbons (Fsp3) is 0.500. The van der Waals surface area contributed by atoms with Crippen LogP contribution >= 0.6 is 0 Å². The summed E-state index contributed by atoms with van der Waals surface area (Å²) < 4.78 is 10.6. The summed E-state index contributed by atoms with van der Waals surface area (Å²) in [6, 6.07) is 4.18. The largest absolute Gasteiger partial charge is 0.465 e. The molecule has 0 spiro atoms. The van der Waals surface area contributed by atoms with Crippen molar-refractivity contribution < 1.29 is 14.1 Å². The number of carbonyl (C=O) groups excluding carboxylic acids is 1. The Labute approximate surface area is 203 Å². The lowest BCUT2D eigenvalue weighted by molar-refractivity contribution is -0.141.